The lowest BCUT2D eigenvalue weighted by Crippen LogP contribution is -2.60. The molecule has 0 unspecified atom stereocenters. The van der Waals surface area contributed by atoms with E-state index in [1.165, 1.54) is 23.5 Å². The molecule has 4 heterocycles. The topological polar surface area (TPSA) is 208 Å². The molecule has 1 aromatic heterocycles. The Hall–Kier alpha value is -5.41. The van der Waals surface area contributed by atoms with Crippen LogP contribution in [-0.4, -0.2) is 98.9 Å². The molecule has 2 aromatic rings. The molecule has 1 saturated heterocycles. The number of fused-ring (bicyclic) bond motifs is 1. The minimum Gasteiger partial charge on any atom is -0.454 e. The van der Waals surface area contributed by atoms with Gasteiger partial charge in [-0.3, -0.25) is 33.8 Å². The quantitative estimate of drug-likeness (QED) is 0.174. The molecule has 0 radical (unpaired) electrons. The maximum Gasteiger partial charge on any atom is 0.289 e. The Morgan fingerprint density at radius 3 is 2.42 bits per heavy atom. The number of Topliss-reactive ketones (excluding diaryl/α,β-unsaturated/α-hetero) is 2. The molecule has 1 spiro atoms. The third kappa shape index (κ3) is 9.57. The van der Waals surface area contributed by atoms with E-state index < -0.39 is 64.5 Å². The van der Waals surface area contributed by atoms with E-state index in [1.54, 1.807) is 6.07 Å². The van der Waals surface area contributed by atoms with Crippen LogP contribution in [0.5, 0.6) is 11.5 Å². The highest BCUT2D eigenvalue weighted by Crippen LogP contribution is 2.42. The van der Waals surface area contributed by atoms with Gasteiger partial charge in [0.2, 0.25) is 30.3 Å². The van der Waals surface area contributed by atoms with Crippen molar-refractivity contribution >= 4 is 40.9 Å². The van der Waals surface area contributed by atoms with Gasteiger partial charge in [0.25, 0.3) is 5.91 Å². The van der Waals surface area contributed by atoms with Gasteiger partial charge in [-0.15, -0.1) is 0 Å². The maximum absolute atomic E-state index is 15.1. The molecule has 0 bridgehead atoms. The molecule has 4 amide bonds. The van der Waals surface area contributed by atoms with Gasteiger partial charge in [0, 0.05) is 49.2 Å². The molecular formula is C43H55N7O9. The third-order valence-corrected chi connectivity index (χ3v) is 12.1. The van der Waals surface area contributed by atoms with Gasteiger partial charge in [-0.2, -0.15) is 0 Å². The van der Waals surface area contributed by atoms with E-state index in [0.29, 0.717) is 23.6 Å². The standard InChI is InChI=1S/C43H55N7O9/c1-5-9-29(36(52)40(55)46-27-13-14-27)47-39(54)32-21-43(20-30(49-59-43)26-12-15-34-35(18-26)58-24-57-34)23-50(32)41(56)37(42(2,3)4)48-38(53)28(25-10-7-6-8-11-25)19-33(51)31-22-44-16-17-45-31/h12,15-18,22,25,27-29,32,37H,5-11,13-14,19-21,23-24H2,1-4H3,(H,46,55)(H,47,54)(H,48,53)/t28-,29-,32-,37+,43+/m0/s1. The first kappa shape index (κ1) is 41.7. The second kappa shape index (κ2) is 17.4. The summed E-state index contributed by atoms with van der Waals surface area (Å²) in [5, 5.41) is 13.0. The predicted octanol–water partition coefficient (Wildman–Crippen LogP) is 3.80. The smallest absolute Gasteiger partial charge is 0.289 e. The summed E-state index contributed by atoms with van der Waals surface area (Å²) in [4.78, 5) is 99.5. The van der Waals surface area contributed by atoms with Crippen LogP contribution in [0, 0.1) is 17.3 Å². The number of carbonyl (C=O) groups excluding carboxylic acids is 6. The van der Waals surface area contributed by atoms with Crippen LogP contribution in [0.15, 0.2) is 41.9 Å². The first-order valence-corrected chi connectivity index (χ1v) is 21.0. The average Bonchev–Trinajstić information content (AvgIpc) is 3.57. The Bertz CT molecular complexity index is 1970. The van der Waals surface area contributed by atoms with Gasteiger partial charge in [-0.1, -0.05) is 58.5 Å². The lowest BCUT2D eigenvalue weighted by Gasteiger charge is -2.37. The summed E-state index contributed by atoms with van der Waals surface area (Å²) in [7, 11) is 0. The van der Waals surface area contributed by atoms with Gasteiger partial charge in [-0.25, -0.2) is 4.98 Å². The summed E-state index contributed by atoms with van der Waals surface area (Å²) in [5.74, 6) is -2.96. The number of nitrogens with zero attached hydrogens (tertiary/aromatic N) is 4. The molecule has 3 fully saturated rings. The van der Waals surface area contributed by atoms with Gasteiger partial charge >= 0.3 is 0 Å². The Morgan fingerprint density at radius 2 is 1.73 bits per heavy atom. The fourth-order valence-corrected chi connectivity index (χ4v) is 8.65. The van der Waals surface area contributed by atoms with Crippen molar-refractivity contribution in [1.82, 2.24) is 30.8 Å². The minimum atomic E-state index is -1.14. The van der Waals surface area contributed by atoms with Crippen LogP contribution in [0.3, 0.4) is 0 Å². The Balaban J connectivity index is 1.15. The summed E-state index contributed by atoms with van der Waals surface area (Å²) in [6, 6.07) is 2.03. The number of amides is 4. The Labute approximate surface area is 344 Å². The van der Waals surface area contributed by atoms with Crippen LogP contribution in [0.4, 0.5) is 0 Å². The monoisotopic (exact) mass is 813 g/mol. The van der Waals surface area contributed by atoms with Crippen molar-refractivity contribution in [2.75, 3.05) is 13.3 Å². The highest BCUT2D eigenvalue weighted by Gasteiger charge is 2.56. The number of hydrogen-bond acceptors (Lipinski definition) is 12. The molecule has 1 aromatic carbocycles. The molecule has 5 atom stereocenters. The van der Waals surface area contributed by atoms with Gasteiger partial charge < -0.3 is 35.2 Å². The van der Waals surface area contributed by atoms with Crippen molar-refractivity contribution in [3.8, 4) is 11.5 Å². The van der Waals surface area contributed by atoms with Gasteiger partial charge in [0.15, 0.2) is 22.9 Å². The number of ketones is 2. The molecular weight excluding hydrogens is 759 g/mol. The zero-order chi connectivity index (χ0) is 41.9. The average molecular weight is 814 g/mol. The summed E-state index contributed by atoms with van der Waals surface area (Å²) >= 11 is 0. The molecule has 59 heavy (non-hydrogen) atoms. The third-order valence-electron chi connectivity index (χ3n) is 12.1. The highest BCUT2D eigenvalue weighted by molar-refractivity contribution is 6.38. The number of benzene rings is 1. The van der Waals surface area contributed by atoms with Crippen LogP contribution in [-0.2, 0) is 28.8 Å². The van der Waals surface area contributed by atoms with Crippen molar-refractivity contribution < 1.29 is 43.1 Å². The van der Waals surface area contributed by atoms with Gasteiger partial charge in [-0.05, 0) is 61.6 Å². The molecule has 3 N–H and O–H groups in total. The maximum atomic E-state index is 15.1. The number of likely N-dealkylation sites (tertiary alicyclic amines) is 1. The van der Waals surface area contributed by atoms with Crippen molar-refractivity contribution in [3.63, 3.8) is 0 Å². The molecule has 16 nitrogen and oxygen atoms in total. The lowest BCUT2D eigenvalue weighted by molar-refractivity contribution is -0.146. The van der Waals surface area contributed by atoms with Crippen molar-refractivity contribution in [1.29, 1.82) is 0 Å². The normalized spacial score (nSPS) is 22.8. The molecule has 2 aliphatic carbocycles. The van der Waals surface area contributed by atoms with Crippen molar-refractivity contribution in [2.45, 2.75) is 135 Å². The first-order chi connectivity index (χ1) is 28.2. The number of hydrogen-bond donors (Lipinski definition) is 3. The number of aromatic nitrogens is 2. The molecule has 16 heteroatoms. The SMILES string of the molecule is CCC[C@H](NC(=O)[C@@H]1C[C@]2(CC(c3ccc4c(c3)OCO4)=NO2)CN1C(=O)[C@@H](NC(=O)[C@@H](CC(=O)c1cnccn1)C1CCCCC1)C(C)(C)C)C(=O)C(=O)NC1CC1. The molecule has 3 aliphatic heterocycles. The summed E-state index contributed by atoms with van der Waals surface area (Å²) in [5.41, 5.74) is -0.461. The fraction of sp³-hybridized carbons (Fsp3) is 0.605. The van der Waals surface area contributed by atoms with Gasteiger partial charge in [0.1, 0.15) is 17.8 Å². The van der Waals surface area contributed by atoms with Crippen LogP contribution >= 0.6 is 0 Å². The number of carbonyl (C=O) groups is 6. The summed E-state index contributed by atoms with van der Waals surface area (Å²) in [6.07, 6.45) is 11.3. The van der Waals surface area contributed by atoms with Gasteiger partial charge in [0.05, 0.1) is 24.5 Å². The fourth-order valence-electron chi connectivity index (χ4n) is 8.65. The highest BCUT2D eigenvalue weighted by atomic mass is 16.7. The van der Waals surface area contributed by atoms with E-state index in [1.807, 2.05) is 39.8 Å². The molecule has 316 valence electrons. The van der Waals surface area contributed by atoms with Crippen molar-refractivity contribution in [2.24, 2.45) is 22.4 Å². The first-order valence-electron chi connectivity index (χ1n) is 21.0. The second-order valence-corrected chi connectivity index (χ2v) is 17.7. The lowest BCUT2D eigenvalue weighted by atomic mass is 9.76. The molecule has 5 aliphatic rings. The molecule has 7 rings (SSSR count). The number of ether oxygens (including phenoxy) is 2. The predicted molar refractivity (Wildman–Crippen MR) is 213 cm³/mol. The summed E-state index contributed by atoms with van der Waals surface area (Å²) < 4.78 is 11.1. The van der Waals surface area contributed by atoms with E-state index in [4.69, 9.17) is 14.3 Å². The number of rotatable bonds is 15. The number of nitrogens with one attached hydrogen (secondary N) is 3. The second-order valence-electron chi connectivity index (χ2n) is 17.7. The molecule has 2 saturated carbocycles. The van der Waals surface area contributed by atoms with Crippen LogP contribution in [0.25, 0.3) is 0 Å². The van der Waals surface area contributed by atoms with E-state index in [9.17, 15) is 24.0 Å². The zero-order valence-electron chi connectivity index (χ0n) is 34.3. The van der Waals surface area contributed by atoms with Crippen molar-refractivity contribution in [3.05, 3.63) is 48.0 Å². The summed E-state index contributed by atoms with van der Waals surface area (Å²) in [6.45, 7) is 7.41. The largest absolute Gasteiger partial charge is 0.454 e. The van der Waals surface area contributed by atoms with Crippen LogP contribution in [0.1, 0.15) is 121 Å². The van der Waals surface area contributed by atoms with E-state index >= 15 is 4.79 Å². The zero-order valence-corrected chi connectivity index (χ0v) is 34.3. The Morgan fingerprint density at radius 1 is 0.966 bits per heavy atom. The van der Waals surface area contributed by atoms with E-state index in [0.717, 1.165) is 50.5 Å². The van der Waals surface area contributed by atoms with E-state index in [2.05, 4.69) is 31.1 Å². The van der Waals surface area contributed by atoms with Crippen LogP contribution < -0.4 is 25.4 Å². The Kier molecular flexibility index (Phi) is 12.3. The van der Waals surface area contributed by atoms with Crippen LogP contribution in [0.2, 0.25) is 0 Å². The van der Waals surface area contributed by atoms with E-state index in [-0.39, 0.29) is 62.5 Å². The minimum absolute atomic E-state index is 0.0333. The number of oxime groups is 1.